The van der Waals surface area contributed by atoms with Crippen molar-refractivity contribution in [1.29, 1.82) is 0 Å². The minimum atomic E-state index is -0.247. The zero-order valence-electron chi connectivity index (χ0n) is 10.2. The summed E-state index contributed by atoms with van der Waals surface area (Å²) in [6.07, 6.45) is 1.76. The largest absolute Gasteiger partial charge is 0.377 e. The second-order valence-corrected chi connectivity index (χ2v) is 5.06. The molecular weight excluding hydrogens is 295 g/mol. The molecule has 0 saturated carbocycles. The summed E-state index contributed by atoms with van der Waals surface area (Å²) >= 11 is 3.20. The average molecular weight is 309 g/mol. The number of aryl methyl sites for hydroxylation is 1. The SMILES string of the molecule is Cc1cc(F)c(Br)cc1NC(C)c1ccccn1. The minimum absolute atomic E-state index is 0.0715. The number of halogens is 2. The van der Waals surface area contributed by atoms with E-state index in [0.29, 0.717) is 4.47 Å². The molecule has 1 heterocycles. The number of hydrogen-bond donors (Lipinski definition) is 1. The summed E-state index contributed by atoms with van der Waals surface area (Å²) in [4.78, 5) is 4.30. The van der Waals surface area contributed by atoms with Gasteiger partial charge in [0.25, 0.3) is 0 Å². The Bertz CT molecular complexity index is 543. The third kappa shape index (κ3) is 2.88. The van der Waals surface area contributed by atoms with Gasteiger partial charge in [0.05, 0.1) is 16.2 Å². The smallest absolute Gasteiger partial charge is 0.137 e. The van der Waals surface area contributed by atoms with Crippen LogP contribution in [0.25, 0.3) is 0 Å². The molecule has 18 heavy (non-hydrogen) atoms. The summed E-state index contributed by atoms with van der Waals surface area (Å²) in [5.74, 6) is -0.247. The molecule has 2 nitrogen and oxygen atoms in total. The molecule has 0 radical (unpaired) electrons. The molecule has 94 valence electrons. The van der Waals surface area contributed by atoms with Gasteiger partial charge in [-0.3, -0.25) is 4.98 Å². The van der Waals surface area contributed by atoms with Crippen molar-refractivity contribution < 1.29 is 4.39 Å². The van der Waals surface area contributed by atoms with E-state index in [2.05, 4.69) is 26.2 Å². The number of rotatable bonds is 3. The van der Waals surface area contributed by atoms with E-state index in [9.17, 15) is 4.39 Å². The topological polar surface area (TPSA) is 24.9 Å². The normalized spacial score (nSPS) is 12.2. The Labute approximate surface area is 114 Å². The van der Waals surface area contributed by atoms with Gasteiger partial charge < -0.3 is 5.32 Å². The first-order valence-corrected chi connectivity index (χ1v) is 6.50. The molecule has 1 aromatic carbocycles. The van der Waals surface area contributed by atoms with Gasteiger partial charge >= 0.3 is 0 Å². The van der Waals surface area contributed by atoms with Gasteiger partial charge in [0.2, 0.25) is 0 Å². The number of nitrogens with zero attached hydrogens (tertiary/aromatic N) is 1. The zero-order chi connectivity index (χ0) is 13.1. The highest BCUT2D eigenvalue weighted by Gasteiger charge is 2.10. The molecule has 1 aromatic heterocycles. The van der Waals surface area contributed by atoms with Crippen molar-refractivity contribution in [2.24, 2.45) is 0 Å². The minimum Gasteiger partial charge on any atom is -0.377 e. The zero-order valence-corrected chi connectivity index (χ0v) is 11.8. The number of hydrogen-bond acceptors (Lipinski definition) is 2. The van der Waals surface area contributed by atoms with E-state index in [1.54, 1.807) is 12.3 Å². The first kappa shape index (κ1) is 13.0. The summed E-state index contributed by atoms with van der Waals surface area (Å²) in [7, 11) is 0. The molecule has 1 unspecified atom stereocenters. The molecule has 0 spiro atoms. The van der Waals surface area contributed by atoms with E-state index in [4.69, 9.17) is 0 Å². The maximum Gasteiger partial charge on any atom is 0.137 e. The first-order valence-electron chi connectivity index (χ1n) is 5.71. The van der Waals surface area contributed by atoms with Crippen LogP contribution in [0, 0.1) is 12.7 Å². The van der Waals surface area contributed by atoms with Gasteiger partial charge in [-0.25, -0.2) is 4.39 Å². The molecule has 0 aliphatic heterocycles. The van der Waals surface area contributed by atoms with Crippen LogP contribution in [0.5, 0.6) is 0 Å². The molecule has 0 saturated heterocycles. The average Bonchev–Trinajstić information content (AvgIpc) is 2.37. The van der Waals surface area contributed by atoms with Gasteiger partial charge in [0.15, 0.2) is 0 Å². The molecule has 2 aromatic rings. The molecule has 4 heteroatoms. The van der Waals surface area contributed by atoms with E-state index in [0.717, 1.165) is 16.9 Å². The fourth-order valence-corrected chi connectivity index (χ4v) is 2.08. The lowest BCUT2D eigenvalue weighted by atomic mass is 10.1. The van der Waals surface area contributed by atoms with E-state index < -0.39 is 0 Å². The molecule has 2 rings (SSSR count). The Hall–Kier alpha value is -1.42. The summed E-state index contributed by atoms with van der Waals surface area (Å²) in [6.45, 7) is 3.90. The van der Waals surface area contributed by atoms with Crippen LogP contribution in [0.15, 0.2) is 41.0 Å². The quantitative estimate of drug-likeness (QED) is 0.905. The molecule has 0 fully saturated rings. The molecule has 0 bridgehead atoms. The lowest BCUT2D eigenvalue weighted by molar-refractivity contribution is 0.620. The standard InChI is InChI=1S/C14H14BrFN2/c1-9-7-12(16)11(15)8-14(9)18-10(2)13-5-3-4-6-17-13/h3-8,10,18H,1-2H3. The third-order valence-electron chi connectivity index (χ3n) is 2.77. The van der Waals surface area contributed by atoms with Crippen molar-refractivity contribution in [2.75, 3.05) is 5.32 Å². The second-order valence-electron chi connectivity index (χ2n) is 4.20. The van der Waals surface area contributed by atoms with Gasteiger partial charge in [-0.05, 0) is 59.6 Å². The summed E-state index contributed by atoms with van der Waals surface area (Å²) in [5.41, 5.74) is 2.73. The monoisotopic (exact) mass is 308 g/mol. The van der Waals surface area contributed by atoms with Crippen LogP contribution in [0.1, 0.15) is 24.2 Å². The van der Waals surface area contributed by atoms with E-state index in [1.165, 1.54) is 6.07 Å². The maximum absolute atomic E-state index is 13.3. The van der Waals surface area contributed by atoms with Crippen LogP contribution in [-0.2, 0) is 0 Å². The Morgan fingerprint density at radius 2 is 2.11 bits per heavy atom. The van der Waals surface area contributed by atoms with Crippen molar-refractivity contribution in [2.45, 2.75) is 19.9 Å². The summed E-state index contributed by atoms with van der Waals surface area (Å²) in [6, 6.07) is 9.14. The van der Waals surface area contributed by atoms with Crippen molar-refractivity contribution in [3.05, 3.63) is 58.1 Å². The van der Waals surface area contributed by atoms with Crippen molar-refractivity contribution >= 4 is 21.6 Å². The fourth-order valence-electron chi connectivity index (χ4n) is 1.74. The van der Waals surface area contributed by atoms with Crippen molar-refractivity contribution in [1.82, 2.24) is 4.98 Å². The van der Waals surface area contributed by atoms with Crippen LogP contribution >= 0.6 is 15.9 Å². The van der Waals surface area contributed by atoms with Gasteiger partial charge in [-0.2, -0.15) is 0 Å². The Morgan fingerprint density at radius 1 is 1.33 bits per heavy atom. The Balaban J connectivity index is 2.22. The summed E-state index contributed by atoms with van der Waals surface area (Å²) < 4.78 is 13.8. The maximum atomic E-state index is 13.3. The highest BCUT2D eigenvalue weighted by molar-refractivity contribution is 9.10. The number of pyridine rings is 1. The van der Waals surface area contributed by atoms with Crippen LogP contribution in [0.4, 0.5) is 10.1 Å². The van der Waals surface area contributed by atoms with Crippen molar-refractivity contribution in [3.63, 3.8) is 0 Å². The predicted octanol–water partition coefficient (Wildman–Crippen LogP) is 4.46. The fraction of sp³-hybridized carbons (Fsp3) is 0.214. The Morgan fingerprint density at radius 3 is 2.78 bits per heavy atom. The van der Waals surface area contributed by atoms with E-state index in [1.807, 2.05) is 32.0 Å². The molecule has 0 amide bonds. The van der Waals surface area contributed by atoms with Crippen LogP contribution in [0.2, 0.25) is 0 Å². The van der Waals surface area contributed by atoms with Crippen LogP contribution in [0.3, 0.4) is 0 Å². The Kier molecular flexibility index (Phi) is 3.97. The first-order chi connectivity index (χ1) is 8.58. The van der Waals surface area contributed by atoms with Crippen LogP contribution < -0.4 is 5.32 Å². The van der Waals surface area contributed by atoms with E-state index >= 15 is 0 Å². The number of benzene rings is 1. The van der Waals surface area contributed by atoms with Gasteiger partial charge in [0, 0.05) is 11.9 Å². The highest BCUT2D eigenvalue weighted by Crippen LogP contribution is 2.27. The van der Waals surface area contributed by atoms with Crippen LogP contribution in [-0.4, -0.2) is 4.98 Å². The second kappa shape index (κ2) is 5.48. The van der Waals surface area contributed by atoms with E-state index in [-0.39, 0.29) is 11.9 Å². The highest BCUT2D eigenvalue weighted by atomic mass is 79.9. The molecule has 1 N–H and O–H groups in total. The molecule has 0 aliphatic carbocycles. The summed E-state index contributed by atoms with van der Waals surface area (Å²) in [5, 5.41) is 3.34. The number of aromatic nitrogens is 1. The number of anilines is 1. The lowest BCUT2D eigenvalue weighted by Crippen LogP contribution is -2.09. The number of nitrogens with one attached hydrogen (secondary N) is 1. The van der Waals surface area contributed by atoms with Gasteiger partial charge in [-0.15, -0.1) is 0 Å². The molecule has 1 atom stereocenters. The predicted molar refractivity (Wildman–Crippen MR) is 75.1 cm³/mol. The van der Waals surface area contributed by atoms with Gasteiger partial charge in [-0.1, -0.05) is 6.07 Å². The molecule has 0 aliphatic rings. The van der Waals surface area contributed by atoms with Gasteiger partial charge in [0.1, 0.15) is 5.82 Å². The lowest BCUT2D eigenvalue weighted by Gasteiger charge is -2.17. The third-order valence-corrected chi connectivity index (χ3v) is 3.38. The van der Waals surface area contributed by atoms with Crippen molar-refractivity contribution in [3.8, 4) is 0 Å². The molecular formula is C14H14BrFN2.